The summed E-state index contributed by atoms with van der Waals surface area (Å²) in [6.07, 6.45) is 1.34. The van der Waals surface area contributed by atoms with Gasteiger partial charge in [0, 0.05) is 29.3 Å². The predicted octanol–water partition coefficient (Wildman–Crippen LogP) is 2.16. The average Bonchev–Trinajstić information content (AvgIpc) is 2.58. The standard InChI is InChI=1S/C16H12N4O4/c21-15-6-5-11(20(23)24)7-10(15)8-17-9-14-12-3-1-2-4-13(12)16(22)19-18-14/h1-8,21H,9H2,(H,19,22). The van der Waals surface area contributed by atoms with Crippen LogP contribution in [0.1, 0.15) is 11.3 Å². The average molecular weight is 324 g/mol. The van der Waals surface area contributed by atoms with Crippen LogP contribution in [0.2, 0.25) is 0 Å². The minimum Gasteiger partial charge on any atom is -0.507 e. The number of phenols is 1. The molecule has 0 saturated carbocycles. The van der Waals surface area contributed by atoms with E-state index in [1.807, 2.05) is 0 Å². The van der Waals surface area contributed by atoms with Crippen molar-refractivity contribution in [1.29, 1.82) is 0 Å². The van der Waals surface area contributed by atoms with Crippen molar-refractivity contribution in [3.8, 4) is 5.75 Å². The van der Waals surface area contributed by atoms with Crippen molar-refractivity contribution >= 4 is 22.7 Å². The number of hydrogen-bond acceptors (Lipinski definition) is 6. The van der Waals surface area contributed by atoms with Gasteiger partial charge in [-0.15, -0.1) is 0 Å². The minimum atomic E-state index is -0.548. The number of phenolic OH excluding ortho intramolecular Hbond substituents is 1. The third kappa shape index (κ3) is 2.98. The molecule has 24 heavy (non-hydrogen) atoms. The van der Waals surface area contributed by atoms with E-state index in [1.54, 1.807) is 24.3 Å². The third-order valence-electron chi connectivity index (χ3n) is 3.47. The number of non-ortho nitro benzene ring substituents is 1. The molecule has 0 bridgehead atoms. The van der Waals surface area contributed by atoms with Crippen molar-refractivity contribution in [2.24, 2.45) is 4.99 Å². The lowest BCUT2D eigenvalue weighted by Crippen LogP contribution is -2.10. The molecule has 0 saturated heterocycles. The number of hydrogen-bond donors (Lipinski definition) is 2. The number of fused-ring (bicyclic) bond motifs is 1. The molecular formula is C16H12N4O4. The summed E-state index contributed by atoms with van der Waals surface area (Å²) < 4.78 is 0. The summed E-state index contributed by atoms with van der Waals surface area (Å²) in [6.45, 7) is 0.152. The Morgan fingerprint density at radius 1 is 1.25 bits per heavy atom. The Kier molecular flexibility index (Phi) is 4.02. The summed E-state index contributed by atoms with van der Waals surface area (Å²) in [7, 11) is 0. The molecule has 2 N–H and O–H groups in total. The molecule has 1 heterocycles. The Hall–Kier alpha value is -3.55. The topological polar surface area (TPSA) is 121 Å². The Labute approximate surface area is 135 Å². The lowest BCUT2D eigenvalue weighted by Gasteiger charge is -2.02. The van der Waals surface area contributed by atoms with E-state index in [-0.39, 0.29) is 29.1 Å². The molecule has 2 aromatic carbocycles. The Morgan fingerprint density at radius 3 is 2.75 bits per heavy atom. The highest BCUT2D eigenvalue weighted by molar-refractivity contribution is 5.85. The molecule has 0 spiro atoms. The first kappa shape index (κ1) is 15.3. The van der Waals surface area contributed by atoms with Gasteiger partial charge >= 0.3 is 0 Å². The number of aromatic hydroxyl groups is 1. The van der Waals surface area contributed by atoms with Crippen LogP contribution in [0.5, 0.6) is 5.75 Å². The summed E-state index contributed by atoms with van der Waals surface area (Å²) in [5, 5.41) is 28.1. The molecular weight excluding hydrogens is 312 g/mol. The maximum Gasteiger partial charge on any atom is 0.272 e. The molecule has 8 heteroatoms. The molecule has 120 valence electrons. The van der Waals surface area contributed by atoms with E-state index in [2.05, 4.69) is 15.2 Å². The van der Waals surface area contributed by atoms with Gasteiger partial charge in [0.2, 0.25) is 0 Å². The van der Waals surface area contributed by atoms with Gasteiger partial charge in [0.05, 0.1) is 22.5 Å². The van der Waals surface area contributed by atoms with E-state index in [9.17, 15) is 20.0 Å². The third-order valence-corrected chi connectivity index (χ3v) is 3.47. The molecule has 3 rings (SSSR count). The summed E-state index contributed by atoms with van der Waals surface area (Å²) >= 11 is 0. The number of nitrogens with one attached hydrogen (secondary N) is 1. The van der Waals surface area contributed by atoms with E-state index >= 15 is 0 Å². The summed E-state index contributed by atoms with van der Waals surface area (Å²) in [6, 6.07) is 10.7. The van der Waals surface area contributed by atoms with Crippen LogP contribution in [-0.4, -0.2) is 26.4 Å². The molecule has 0 aliphatic carbocycles. The van der Waals surface area contributed by atoms with Gasteiger partial charge < -0.3 is 5.11 Å². The van der Waals surface area contributed by atoms with Crippen LogP contribution in [0.25, 0.3) is 10.8 Å². The van der Waals surface area contributed by atoms with Crippen LogP contribution in [0, 0.1) is 10.1 Å². The number of nitro benzene ring substituents is 1. The van der Waals surface area contributed by atoms with Crippen LogP contribution >= 0.6 is 0 Å². The lowest BCUT2D eigenvalue weighted by molar-refractivity contribution is -0.384. The van der Waals surface area contributed by atoms with E-state index in [0.29, 0.717) is 16.5 Å². The lowest BCUT2D eigenvalue weighted by atomic mass is 10.1. The molecule has 8 nitrogen and oxygen atoms in total. The fraction of sp³-hybridized carbons (Fsp3) is 0.0625. The van der Waals surface area contributed by atoms with Crippen molar-refractivity contribution in [3.63, 3.8) is 0 Å². The largest absolute Gasteiger partial charge is 0.507 e. The van der Waals surface area contributed by atoms with Crippen molar-refractivity contribution in [2.45, 2.75) is 6.54 Å². The Balaban J connectivity index is 1.90. The second kappa shape index (κ2) is 6.29. The van der Waals surface area contributed by atoms with E-state index in [1.165, 1.54) is 24.4 Å². The number of aromatic nitrogens is 2. The summed E-state index contributed by atoms with van der Waals surface area (Å²) in [5.74, 6) is -0.108. The predicted molar refractivity (Wildman–Crippen MR) is 88.4 cm³/mol. The number of nitro groups is 1. The fourth-order valence-electron chi connectivity index (χ4n) is 2.28. The molecule has 0 fully saturated rings. The van der Waals surface area contributed by atoms with E-state index in [4.69, 9.17) is 0 Å². The van der Waals surface area contributed by atoms with Crippen LogP contribution < -0.4 is 5.56 Å². The Morgan fingerprint density at radius 2 is 2.00 bits per heavy atom. The highest BCUT2D eigenvalue weighted by Gasteiger charge is 2.09. The Bertz CT molecular complexity index is 1010. The van der Waals surface area contributed by atoms with Gasteiger partial charge in [-0.25, -0.2) is 5.10 Å². The molecule has 0 amide bonds. The van der Waals surface area contributed by atoms with E-state index in [0.717, 1.165) is 0 Å². The second-order valence-electron chi connectivity index (χ2n) is 5.02. The van der Waals surface area contributed by atoms with E-state index < -0.39 is 4.92 Å². The van der Waals surface area contributed by atoms with Crippen LogP contribution in [-0.2, 0) is 6.54 Å². The monoisotopic (exact) mass is 324 g/mol. The first-order chi connectivity index (χ1) is 11.6. The smallest absolute Gasteiger partial charge is 0.272 e. The molecule has 3 aromatic rings. The van der Waals surface area contributed by atoms with Gasteiger partial charge in [0.25, 0.3) is 11.2 Å². The zero-order valence-corrected chi connectivity index (χ0v) is 12.3. The first-order valence-electron chi connectivity index (χ1n) is 7.00. The molecule has 0 radical (unpaired) electrons. The van der Waals surface area contributed by atoms with Gasteiger partial charge in [0.1, 0.15) is 5.75 Å². The zero-order valence-electron chi connectivity index (χ0n) is 12.3. The zero-order chi connectivity index (χ0) is 17.1. The van der Waals surface area contributed by atoms with Crippen molar-refractivity contribution < 1.29 is 10.0 Å². The molecule has 0 unspecified atom stereocenters. The SMILES string of the molecule is O=c1[nH]nc(CN=Cc2cc([N+](=O)[O-])ccc2O)c2ccccc12. The number of benzene rings is 2. The highest BCUT2D eigenvalue weighted by atomic mass is 16.6. The van der Waals surface area contributed by atoms with Gasteiger partial charge in [-0.1, -0.05) is 18.2 Å². The highest BCUT2D eigenvalue weighted by Crippen LogP contribution is 2.21. The fourth-order valence-corrected chi connectivity index (χ4v) is 2.28. The number of nitrogens with zero attached hydrogens (tertiary/aromatic N) is 3. The number of aromatic amines is 1. The molecule has 0 atom stereocenters. The summed E-state index contributed by atoms with van der Waals surface area (Å²) in [5.41, 5.74) is 0.376. The number of aliphatic imine (C=N–C) groups is 1. The quantitative estimate of drug-likeness (QED) is 0.432. The van der Waals surface area contributed by atoms with Gasteiger partial charge in [0.15, 0.2) is 0 Å². The maximum absolute atomic E-state index is 11.7. The molecule has 1 aromatic heterocycles. The minimum absolute atomic E-state index is 0.108. The number of rotatable bonds is 4. The normalized spacial score (nSPS) is 11.2. The van der Waals surface area contributed by atoms with Gasteiger partial charge in [-0.05, 0) is 12.1 Å². The van der Waals surface area contributed by atoms with Crippen LogP contribution in [0.15, 0.2) is 52.3 Å². The summed E-state index contributed by atoms with van der Waals surface area (Å²) in [4.78, 5) is 26.1. The maximum atomic E-state index is 11.7. The number of H-pyrrole nitrogens is 1. The van der Waals surface area contributed by atoms with Crippen LogP contribution in [0.4, 0.5) is 5.69 Å². The molecule has 0 aliphatic heterocycles. The molecule has 0 aliphatic rings. The second-order valence-corrected chi connectivity index (χ2v) is 5.02. The first-order valence-corrected chi connectivity index (χ1v) is 7.00. The van der Waals surface area contributed by atoms with Gasteiger partial charge in [-0.2, -0.15) is 5.10 Å². The van der Waals surface area contributed by atoms with Crippen molar-refractivity contribution in [2.75, 3.05) is 0 Å². The van der Waals surface area contributed by atoms with Gasteiger partial charge in [-0.3, -0.25) is 19.9 Å². The van der Waals surface area contributed by atoms with Crippen LogP contribution in [0.3, 0.4) is 0 Å². The van der Waals surface area contributed by atoms with Crippen molar-refractivity contribution in [1.82, 2.24) is 10.2 Å². The van der Waals surface area contributed by atoms with Crippen molar-refractivity contribution in [3.05, 3.63) is 74.2 Å².